The second-order valence-corrected chi connectivity index (χ2v) is 4.78. The van der Waals surface area contributed by atoms with Crippen LogP contribution >= 0.6 is 0 Å². The summed E-state index contributed by atoms with van der Waals surface area (Å²) in [7, 11) is 0. The van der Waals surface area contributed by atoms with Crippen LogP contribution < -0.4 is 11.3 Å². The summed E-state index contributed by atoms with van der Waals surface area (Å²) in [5.74, 6) is 7.35. The predicted molar refractivity (Wildman–Crippen MR) is 73.8 cm³/mol. The van der Waals surface area contributed by atoms with E-state index in [1.807, 2.05) is 4.68 Å². The SMILES string of the molecule is CCCCC(CC)C(Cc1ncnn1CC)NN. The molecule has 0 fully saturated rings. The molecule has 0 aromatic carbocycles. The van der Waals surface area contributed by atoms with E-state index in [0.29, 0.717) is 5.92 Å². The molecule has 0 saturated carbocycles. The zero-order valence-electron chi connectivity index (χ0n) is 11.9. The molecule has 0 saturated heterocycles. The van der Waals surface area contributed by atoms with Gasteiger partial charge >= 0.3 is 0 Å². The van der Waals surface area contributed by atoms with Crippen molar-refractivity contribution in [3.63, 3.8) is 0 Å². The summed E-state index contributed by atoms with van der Waals surface area (Å²) in [5.41, 5.74) is 2.97. The standard InChI is InChI=1S/C13H27N5/c1-4-7-8-11(5-2)12(17-14)9-13-15-10-16-18(13)6-3/h10-12,17H,4-9,14H2,1-3H3. The maximum Gasteiger partial charge on any atom is 0.138 e. The topological polar surface area (TPSA) is 68.8 Å². The number of hydrazine groups is 1. The molecule has 0 radical (unpaired) electrons. The molecule has 1 aromatic heterocycles. The van der Waals surface area contributed by atoms with Gasteiger partial charge in [-0.1, -0.05) is 33.1 Å². The Balaban J connectivity index is 2.64. The molecular formula is C13H27N5. The van der Waals surface area contributed by atoms with Crippen LogP contribution in [-0.4, -0.2) is 20.8 Å². The molecule has 2 unspecified atom stereocenters. The van der Waals surface area contributed by atoms with Crippen LogP contribution in [0, 0.1) is 5.92 Å². The van der Waals surface area contributed by atoms with E-state index >= 15 is 0 Å². The number of rotatable bonds is 9. The normalized spacial score (nSPS) is 14.7. The minimum Gasteiger partial charge on any atom is -0.271 e. The number of aromatic nitrogens is 3. The molecule has 0 amide bonds. The number of aryl methyl sites for hydroxylation is 1. The van der Waals surface area contributed by atoms with E-state index in [-0.39, 0.29) is 6.04 Å². The van der Waals surface area contributed by atoms with Crippen molar-refractivity contribution < 1.29 is 0 Å². The van der Waals surface area contributed by atoms with E-state index in [2.05, 4.69) is 36.3 Å². The molecule has 0 aliphatic heterocycles. The average Bonchev–Trinajstić information content (AvgIpc) is 2.85. The molecule has 18 heavy (non-hydrogen) atoms. The van der Waals surface area contributed by atoms with E-state index < -0.39 is 0 Å². The van der Waals surface area contributed by atoms with E-state index in [4.69, 9.17) is 5.84 Å². The number of nitrogens with one attached hydrogen (secondary N) is 1. The largest absolute Gasteiger partial charge is 0.271 e. The third kappa shape index (κ3) is 4.07. The van der Waals surface area contributed by atoms with Gasteiger partial charge in [0.1, 0.15) is 12.2 Å². The average molecular weight is 253 g/mol. The Morgan fingerprint density at radius 2 is 2.17 bits per heavy atom. The van der Waals surface area contributed by atoms with Gasteiger partial charge in [-0.05, 0) is 19.3 Å². The van der Waals surface area contributed by atoms with Crippen LogP contribution in [0.5, 0.6) is 0 Å². The van der Waals surface area contributed by atoms with Gasteiger partial charge in [0.15, 0.2) is 0 Å². The van der Waals surface area contributed by atoms with Crippen molar-refractivity contribution >= 4 is 0 Å². The monoisotopic (exact) mass is 253 g/mol. The van der Waals surface area contributed by atoms with Crippen molar-refractivity contribution in [3.05, 3.63) is 12.2 Å². The van der Waals surface area contributed by atoms with Crippen molar-refractivity contribution in [1.29, 1.82) is 0 Å². The Morgan fingerprint density at radius 1 is 1.39 bits per heavy atom. The lowest BCUT2D eigenvalue weighted by Crippen LogP contribution is -2.43. The van der Waals surface area contributed by atoms with Gasteiger partial charge in [0.05, 0.1) is 0 Å². The highest BCUT2D eigenvalue weighted by molar-refractivity contribution is 4.91. The van der Waals surface area contributed by atoms with Crippen LogP contribution in [-0.2, 0) is 13.0 Å². The fourth-order valence-electron chi connectivity index (χ4n) is 2.42. The van der Waals surface area contributed by atoms with Crippen molar-refractivity contribution in [2.24, 2.45) is 11.8 Å². The van der Waals surface area contributed by atoms with Gasteiger partial charge in [-0.3, -0.25) is 16.0 Å². The van der Waals surface area contributed by atoms with Crippen molar-refractivity contribution in [1.82, 2.24) is 20.2 Å². The second kappa shape index (κ2) is 8.21. The summed E-state index contributed by atoms with van der Waals surface area (Å²) >= 11 is 0. The number of hydrogen-bond donors (Lipinski definition) is 2. The third-order valence-corrected chi connectivity index (χ3v) is 3.63. The van der Waals surface area contributed by atoms with E-state index in [9.17, 15) is 0 Å². The predicted octanol–water partition coefficient (Wildman–Crippen LogP) is 1.89. The highest BCUT2D eigenvalue weighted by Gasteiger charge is 2.20. The Labute approximate surface area is 110 Å². The molecule has 0 aliphatic rings. The van der Waals surface area contributed by atoms with Gasteiger partial charge in [0, 0.05) is 19.0 Å². The Kier molecular flexibility index (Phi) is 6.90. The number of hydrogen-bond acceptors (Lipinski definition) is 4. The lowest BCUT2D eigenvalue weighted by Gasteiger charge is -2.25. The first-order valence-corrected chi connectivity index (χ1v) is 7.09. The van der Waals surface area contributed by atoms with Gasteiger partial charge < -0.3 is 0 Å². The van der Waals surface area contributed by atoms with E-state index in [1.165, 1.54) is 19.3 Å². The van der Waals surface area contributed by atoms with Crippen molar-refractivity contribution in [2.45, 2.75) is 65.5 Å². The molecule has 104 valence electrons. The molecule has 2 atom stereocenters. The van der Waals surface area contributed by atoms with Crippen LogP contribution in [0.4, 0.5) is 0 Å². The minimum absolute atomic E-state index is 0.288. The van der Waals surface area contributed by atoms with Crippen molar-refractivity contribution in [3.8, 4) is 0 Å². The molecule has 1 heterocycles. The summed E-state index contributed by atoms with van der Waals surface area (Å²) in [6.45, 7) is 7.40. The first-order chi connectivity index (χ1) is 8.76. The maximum absolute atomic E-state index is 5.72. The lowest BCUT2D eigenvalue weighted by molar-refractivity contribution is 0.311. The number of nitrogens with two attached hydrogens (primary N) is 1. The first kappa shape index (κ1) is 15.1. The highest BCUT2D eigenvalue weighted by Crippen LogP contribution is 2.19. The lowest BCUT2D eigenvalue weighted by atomic mass is 9.89. The summed E-state index contributed by atoms with van der Waals surface area (Å²) in [4.78, 5) is 4.33. The number of nitrogens with zero attached hydrogens (tertiary/aromatic N) is 3. The Hall–Kier alpha value is -0.940. The van der Waals surface area contributed by atoms with Crippen LogP contribution in [0.3, 0.4) is 0 Å². The van der Waals surface area contributed by atoms with Crippen LogP contribution in [0.2, 0.25) is 0 Å². The van der Waals surface area contributed by atoms with E-state index in [0.717, 1.165) is 25.2 Å². The van der Waals surface area contributed by atoms with Gasteiger partial charge in [0.25, 0.3) is 0 Å². The fourth-order valence-corrected chi connectivity index (χ4v) is 2.42. The molecule has 1 rings (SSSR count). The summed E-state index contributed by atoms with van der Waals surface area (Å²) < 4.78 is 1.94. The third-order valence-electron chi connectivity index (χ3n) is 3.63. The maximum atomic E-state index is 5.72. The smallest absolute Gasteiger partial charge is 0.138 e. The van der Waals surface area contributed by atoms with Crippen LogP contribution in [0.15, 0.2) is 6.33 Å². The van der Waals surface area contributed by atoms with Crippen molar-refractivity contribution in [2.75, 3.05) is 0 Å². The Bertz CT molecular complexity index is 323. The second-order valence-electron chi connectivity index (χ2n) is 4.78. The molecule has 5 nitrogen and oxygen atoms in total. The molecule has 0 spiro atoms. The summed E-state index contributed by atoms with van der Waals surface area (Å²) in [5, 5.41) is 4.21. The molecular weight excluding hydrogens is 226 g/mol. The van der Waals surface area contributed by atoms with Gasteiger partial charge in [-0.25, -0.2) is 4.98 Å². The van der Waals surface area contributed by atoms with Gasteiger partial charge in [-0.15, -0.1) is 0 Å². The molecule has 1 aromatic rings. The van der Waals surface area contributed by atoms with Gasteiger partial charge in [0.2, 0.25) is 0 Å². The first-order valence-electron chi connectivity index (χ1n) is 7.09. The van der Waals surface area contributed by atoms with Crippen LogP contribution in [0.1, 0.15) is 52.3 Å². The zero-order valence-corrected chi connectivity index (χ0v) is 11.9. The molecule has 3 N–H and O–H groups in total. The van der Waals surface area contributed by atoms with E-state index in [1.54, 1.807) is 6.33 Å². The van der Waals surface area contributed by atoms with Crippen LogP contribution in [0.25, 0.3) is 0 Å². The summed E-state index contributed by atoms with van der Waals surface area (Å²) in [6, 6.07) is 0.288. The summed E-state index contributed by atoms with van der Waals surface area (Å²) in [6.07, 6.45) is 7.35. The van der Waals surface area contributed by atoms with Gasteiger partial charge in [-0.2, -0.15) is 5.10 Å². The highest BCUT2D eigenvalue weighted by atomic mass is 15.3. The fraction of sp³-hybridized carbons (Fsp3) is 0.846. The minimum atomic E-state index is 0.288. The molecule has 0 bridgehead atoms. The molecule has 5 heteroatoms. The zero-order chi connectivity index (χ0) is 13.4. The number of unbranched alkanes of at least 4 members (excludes halogenated alkanes) is 1. The molecule has 0 aliphatic carbocycles. The Morgan fingerprint density at radius 3 is 2.72 bits per heavy atom. The quantitative estimate of drug-likeness (QED) is 0.521.